The van der Waals surface area contributed by atoms with Crippen LogP contribution in [0.1, 0.15) is 0 Å². The van der Waals surface area contributed by atoms with Crippen LogP contribution >= 0.6 is 0 Å². The molecule has 4 nitrogen and oxygen atoms in total. The summed E-state index contributed by atoms with van der Waals surface area (Å²) < 4.78 is 9.96. The van der Waals surface area contributed by atoms with Crippen LogP contribution in [0, 0.1) is 0 Å². The largest absolute Gasteiger partial charge is 0.545 e. The molecule has 74 valence electrons. The molecule has 1 saturated heterocycles. The van der Waals surface area contributed by atoms with Crippen molar-refractivity contribution in [2.24, 2.45) is 0 Å². The van der Waals surface area contributed by atoms with Crippen molar-refractivity contribution >= 4 is 5.97 Å². The summed E-state index contributed by atoms with van der Waals surface area (Å²) in [5.74, 6) is -1.23. The van der Waals surface area contributed by atoms with Gasteiger partial charge < -0.3 is 19.4 Å². The predicted molar refractivity (Wildman–Crippen MR) is 46.0 cm³/mol. The van der Waals surface area contributed by atoms with E-state index in [2.05, 4.69) is 13.2 Å². The van der Waals surface area contributed by atoms with E-state index >= 15 is 0 Å². The first kappa shape index (κ1) is 11.9. The summed E-state index contributed by atoms with van der Waals surface area (Å²) >= 11 is 0. The van der Waals surface area contributed by atoms with Gasteiger partial charge in [0, 0.05) is 0 Å². The van der Waals surface area contributed by atoms with Crippen LogP contribution in [0.4, 0.5) is 0 Å². The Morgan fingerprint density at radius 3 is 2.54 bits per heavy atom. The molecular formula is C9H13O4-. The van der Waals surface area contributed by atoms with E-state index in [0.29, 0.717) is 12.7 Å². The van der Waals surface area contributed by atoms with Crippen molar-refractivity contribution < 1.29 is 19.4 Å². The fourth-order valence-electron chi connectivity index (χ4n) is 0.447. The van der Waals surface area contributed by atoms with Gasteiger partial charge in [-0.3, -0.25) is 0 Å². The Morgan fingerprint density at radius 1 is 1.69 bits per heavy atom. The first-order valence-corrected chi connectivity index (χ1v) is 3.84. The van der Waals surface area contributed by atoms with E-state index in [1.807, 2.05) is 0 Å². The van der Waals surface area contributed by atoms with E-state index in [-0.39, 0.29) is 0 Å². The van der Waals surface area contributed by atoms with Gasteiger partial charge in [0.15, 0.2) is 0 Å². The van der Waals surface area contributed by atoms with Gasteiger partial charge in [-0.1, -0.05) is 12.7 Å². The predicted octanol–water partition coefficient (Wildman–Crippen LogP) is -0.490. The highest BCUT2D eigenvalue weighted by atomic mass is 16.6. The van der Waals surface area contributed by atoms with Gasteiger partial charge in [-0.25, -0.2) is 0 Å². The molecule has 4 heteroatoms. The van der Waals surface area contributed by atoms with Crippen LogP contribution in [-0.2, 0) is 14.3 Å². The molecule has 1 aliphatic heterocycles. The zero-order valence-corrected chi connectivity index (χ0v) is 7.40. The standard InChI is InChI=1S/C6H10O2.C3H4O2/c1-2-3-7-4-6-5-8-6;1-2-3(4)5/h2,6H,1,3-5H2;2H,1H2,(H,4,5)/p-1. The third-order valence-electron chi connectivity index (χ3n) is 1.11. The summed E-state index contributed by atoms with van der Waals surface area (Å²) in [4.78, 5) is 9.14. The van der Waals surface area contributed by atoms with Crippen molar-refractivity contribution in [2.75, 3.05) is 19.8 Å². The minimum atomic E-state index is -1.23. The Labute approximate surface area is 77.5 Å². The summed E-state index contributed by atoms with van der Waals surface area (Å²) in [6.07, 6.45) is 2.84. The molecule has 0 amide bonds. The van der Waals surface area contributed by atoms with Crippen LogP contribution in [-0.4, -0.2) is 31.9 Å². The van der Waals surface area contributed by atoms with Crippen LogP contribution < -0.4 is 5.11 Å². The van der Waals surface area contributed by atoms with Gasteiger partial charge in [-0.05, 0) is 6.08 Å². The number of carbonyl (C=O) groups is 1. The number of ether oxygens (including phenoxy) is 2. The van der Waals surface area contributed by atoms with Crippen molar-refractivity contribution in [3.63, 3.8) is 0 Å². The number of hydrogen-bond donors (Lipinski definition) is 0. The molecule has 0 saturated carbocycles. The molecule has 0 radical (unpaired) electrons. The number of epoxide rings is 1. The minimum absolute atomic E-state index is 0.384. The smallest absolute Gasteiger partial charge is 0.104 e. The normalized spacial score (nSPS) is 18.0. The molecule has 1 aliphatic rings. The van der Waals surface area contributed by atoms with Gasteiger partial charge in [0.1, 0.15) is 6.10 Å². The quantitative estimate of drug-likeness (QED) is 0.251. The molecule has 13 heavy (non-hydrogen) atoms. The molecule has 1 heterocycles. The number of hydrogen-bond acceptors (Lipinski definition) is 4. The van der Waals surface area contributed by atoms with E-state index in [1.54, 1.807) is 6.08 Å². The Morgan fingerprint density at radius 2 is 2.23 bits per heavy atom. The van der Waals surface area contributed by atoms with E-state index in [9.17, 15) is 0 Å². The first-order valence-electron chi connectivity index (χ1n) is 3.84. The number of carbonyl (C=O) groups excluding carboxylic acids is 1. The molecule has 1 fully saturated rings. The van der Waals surface area contributed by atoms with Crippen molar-refractivity contribution in [2.45, 2.75) is 6.10 Å². The average molecular weight is 185 g/mol. The Kier molecular flexibility index (Phi) is 6.86. The SMILES string of the molecule is C=CC(=O)[O-].C=CCOCC1CO1. The molecule has 0 aliphatic carbocycles. The maximum absolute atomic E-state index is 9.14. The van der Waals surface area contributed by atoms with Gasteiger partial charge in [-0.15, -0.1) is 6.58 Å². The van der Waals surface area contributed by atoms with Gasteiger partial charge in [0.2, 0.25) is 0 Å². The molecule has 1 unspecified atom stereocenters. The van der Waals surface area contributed by atoms with Crippen molar-refractivity contribution in [1.82, 2.24) is 0 Å². The topological polar surface area (TPSA) is 61.9 Å². The maximum Gasteiger partial charge on any atom is 0.104 e. The summed E-state index contributed by atoms with van der Waals surface area (Å²) in [5, 5.41) is 9.14. The second-order valence-corrected chi connectivity index (χ2v) is 2.30. The highest BCUT2D eigenvalue weighted by molar-refractivity contribution is 5.76. The van der Waals surface area contributed by atoms with E-state index in [1.165, 1.54) is 0 Å². The van der Waals surface area contributed by atoms with E-state index < -0.39 is 5.97 Å². The molecule has 0 aromatic carbocycles. The third-order valence-corrected chi connectivity index (χ3v) is 1.11. The van der Waals surface area contributed by atoms with Gasteiger partial charge in [-0.2, -0.15) is 0 Å². The summed E-state index contributed by atoms with van der Waals surface area (Å²) in [5.41, 5.74) is 0. The third kappa shape index (κ3) is 10.9. The first-order chi connectivity index (χ1) is 6.20. The van der Waals surface area contributed by atoms with Crippen LogP contribution in [0.5, 0.6) is 0 Å². The van der Waals surface area contributed by atoms with E-state index in [0.717, 1.165) is 19.3 Å². The molecule has 0 aromatic rings. The maximum atomic E-state index is 9.14. The van der Waals surface area contributed by atoms with Crippen molar-refractivity contribution in [3.8, 4) is 0 Å². The van der Waals surface area contributed by atoms with Crippen LogP contribution in [0.2, 0.25) is 0 Å². The summed E-state index contributed by atoms with van der Waals surface area (Å²) in [6.45, 7) is 8.65. The lowest BCUT2D eigenvalue weighted by molar-refractivity contribution is -0.297. The number of aliphatic carboxylic acids is 1. The Hall–Kier alpha value is -1.13. The number of carboxylic acids is 1. The summed E-state index contributed by atoms with van der Waals surface area (Å²) in [6, 6.07) is 0. The van der Waals surface area contributed by atoms with Crippen LogP contribution in [0.25, 0.3) is 0 Å². The fraction of sp³-hybridized carbons (Fsp3) is 0.444. The van der Waals surface area contributed by atoms with E-state index in [4.69, 9.17) is 19.4 Å². The van der Waals surface area contributed by atoms with Gasteiger partial charge in [0.25, 0.3) is 0 Å². The highest BCUT2D eigenvalue weighted by Gasteiger charge is 2.21. The molecular weight excluding hydrogens is 172 g/mol. The molecule has 0 spiro atoms. The monoisotopic (exact) mass is 185 g/mol. The average Bonchev–Trinajstić information content (AvgIpc) is 2.90. The molecule has 0 aromatic heterocycles. The molecule has 0 N–H and O–H groups in total. The second kappa shape index (κ2) is 7.52. The highest BCUT2D eigenvalue weighted by Crippen LogP contribution is 2.07. The minimum Gasteiger partial charge on any atom is -0.545 e. The lowest BCUT2D eigenvalue weighted by Gasteiger charge is -1.92. The summed E-state index contributed by atoms with van der Waals surface area (Å²) in [7, 11) is 0. The zero-order chi connectivity index (χ0) is 10.1. The second-order valence-electron chi connectivity index (χ2n) is 2.30. The van der Waals surface area contributed by atoms with Crippen molar-refractivity contribution in [3.05, 3.63) is 25.3 Å². The Balaban J connectivity index is 0.000000252. The molecule has 1 rings (SSSR count). The lowest BCUT2D eigenvalue weighted by Crippen LogP contribution is -2.17. The fourth-order valence-corrected chi connectivity index (χ4v) is 0.447. The molecule has 0 bridgehead atoms. The van der Waals surface area contributed by atoms with Crippen LogP contribution in [0.15, 0.2) is 25.3 Å². The zero-order valence-electron chi connectivity index (χ0n) is 7.40. The van der Waals surface area contributed by atoms with Crippen LogP contribution in [0.3, 0.4) is 0 Å². The van der Waals surface area contributed by atoms with Crippen molar-refractivity contribution in [1.29, 1.82) is 0 Å². The number of carboxylic acid groups (broad SMARTS) is 1. The molecule has 1 atom stereocenters. The lowest BCUT2D eigenvalue weighted by atomic mass is 10.5. The number of rotatable bonds is 5. The van der Waals surface area contributed by atoms with Gasteiger partial charge >= 0.3 is 0 Å². The Bertz CT molecular complexity index is 172. The van der Waals surface area contributed by atoms with Gasteiger partial charge in [0.05, 0.1) is 25.8 Å².